The molecule has 0 radical (unpaired) electrons. The fourth-order valence-corrected chi connectivity index (χ4v) is 1.08. The molecule has 1 nitrogen and oxygen atoms in total. The summed E-state index contributed by atoms with van der Waals surface area (Å²) in [6.07, 6.45) is 2.02. The Kier molecular flexibility index (Phi) is 10.4. The van der Waals surface area contributed by atoms with E-state index < -0.39 is 0 Å². The Hall–Kier alpha value is 0.616. The van der Waals surface area contributed by atoms with Gasteiger partial charge in [-0.05, 0) is 6.26 Å². The number of benzene rings is 1. The van der Waals surface area contributed by atoms with Gasteiger partial charge in [0.2, 0.25) is 0 Å². The molecule has 0 aliphatic rings. The predicted molar refractivity (Wildman–Crippen MR) is 49.4 cm³/mol. The van der Waals surface area contributed by atoms with Gasteiger partial charge in [0.15, 0.2) is 0 Å². The minimum atomic E-state index is 0. The summed E-state index contributed by atoms with van der Waals surface area (Å²) in [6, 6.07) is 8.94. The van der Waals surface area contributed by atoms with E-state index >= 15 is 0 Å². The van der Waals surface area contributed by atoms with Gasteiger partial charge in [0, 0.05) is 5.75 Å². The van der Waals surface area contributed by atoms with E-state index in [2.05, 4.69) is 6.07 Å². The largest absolute Gasteiger partial charge is 2.00 e. The molecule has 0 saturated heterocycles. The summed E-state index contributed by atoms with van der Waals surface area (Å²) in [4.78, 5) is 1.11. The molecular formula is C8H9BrMgOS. The van der Waals surface area contributed by atoms with Crippen LogP contribution in [-0.4, -0.2) is 36.4 Å². The van der Waals surface area contributed by atoms with Gasteiger partial charge in [-0.1, -0.05) is 0 Å². The Labute approximate surface area is 104 Å². The molecule has 0 aliphatic heterocycles. The normalized spacial score (nSPS) is 7.83. The van der Waals surface area contributed by atoms with Crippen LogP contribution in [0.1, 0.15) is 0 Å². The zero-order chi connectivity index (χ0) is 7.40. The third-order valence-electron chi connectivity index (χ3n) is 1.18. The van der Waals surface area contributed by atoms with E-state index in [0.29, 0.717) is 0 Å². The van der Waals surface area contributed by atoms with Crippen LogP contribution >= 0.6 is 11.8 Å². The molecule has 4 heteroatoms. The Morgan fingerprint density at radius 1 is 1.42 bits per heavy atom. The second-order valence-corrected chi connectivity index (χ2v) is 2.64. The van der Waals surface area contributed by atoms with E-state index in [4.69, 9.17) is 4.74 Å². The smallest absolute Gasteiger partial charge is 1.00 e. The number of hydrogen-bond donors (Lipinski definition) is 0. The number of rotatable bonds is 2. The van der Waals surface area contributed by atoms with Gasteiger partial charge in [0.25, 0.3) is 0 Å². The molecule has 0 bridgehead atoms. The maximum Gasteiger partial charge on any atom is 2.00 e. The first kappa shape index (κ1) is 15.1. The molecule has 1 rings (SSSR count). The van der Waals surface area contributed by atoms with Crippen molar-refractivity contribution in [2.75, 3.05) is 13.4 Å². The van der Waals surface area contributed by atoms with Gasteiger partial charge in [-0.15, -0.1) is 17.0 Å². The standard InChI is InChI=1S/C8H9OS.BrH.Mg/c1-9-7-4-3-5-8(6-7)10-2;;/h3-5H,1-2H3;1H;/q-1;;+2/p-1. The van der Waals surface area contributed by atoms with Crippen LogP contribution in [0.4, 0.5) is 0 Å². The molecular weight excluding hydrogens is 248 g/mol. The summed E-state index contributed by atoms with van der Waals surface area (Å²) in [5.74, 6) is 0.798. The van der Waals surface area contributed by atoms with Crippen molar-refractivity contribution in [3.63, 3.8) is 0 Å². The first-order valence-electron chi connectivity index (χ1n) is 2.97. The summed E-state index contributed by atoms with van der Waals surface area (Å²) in [6.45, 7) is 0. The molecule has 0 aliphatic carbocycles. The molecule has 0 aromatic heterocycles. The van der Waals surface area contributed by atoms with Crippen molar-refractivity contribution in [2.24, 2.45) is 0 Å². The monoisotopic (exact) mass is 256 g/mol. The third-order valence-corrected chi connectivity index (χ3v) is 1.86. The van der Waals surface area contributed by atoms with Gasteiger partial charge in [-0.3, -0.25) is 0 Å². The Bertz CT molecular complexity index is 201. The Morgan fingerprint density at radius 3 is 2.58 bits per heavy atom. The van der Waals surface area contributed by atoms with E-state index in [0.717, 1.165) is 10.6 Å². The van der Waals surface area contributed by atoms with Crippen LogP contribution in [0.5, 0.6) is 5.75 Å². The fraction of sp³-hybridized carbons (Fsp3) is 0.250. The van der Waals surface area contributed by atoms with Gasteiger partial charge in [-0.2, -0.15) is 23.9 Å². The third kappa shape index (κ3) is 4.60. The van der Waals surface area contributed by atoms with Gasteiger partial charge < -0.3 is 21.7 Å². The summed E-state index contributed by atoms with van der Waals surface area (Å²) in [5, 5.41) is 0. The quantitative estimate of drug-likeness (QED) is 0.376. The topological polar surface area (TPSA) is 9.23 Å². The Balaban J connectivity index is 0. The maximum absolute atomic E-state index is 4.99. The molecule has 0 fully saturated rings. The first-order valence-corrected chi connectivity index (χ1v) is 4.19. The van der Waals surface area contributed by atoms with Gasteiger partial charge in [0.05, 0.1) is 7.11 Å². The average molecular weight is 257 g/mol. The number of hydrogen-bond acceptors (Lipinski definition) is 2. The van der Waals surface area contributed by atoms with Crippen molar-refractivity contribution in [3.05, 3.63) is 24.3 Å². The molecule has 0 unspecified atom stereocenters. The fourth-order valence-electron chi connectivity index (χ4n) is 0.666. The van der Waals surface area contributed by atoms with Crippen molar-refractivity contribution in [3.8, 4) is 5.75 Å². The number of halogens is 1. The zero-order valence-corrected chi connectivity index (χ0v) is 11.0. The molecule has 12 heavy (non-hydrogen) atoms. The second kappa shape index (κ2) is 8.23. The van der Waals surface area contributed by atoms with Crippen molar-refractivity contribution >= 4 is 34.8 Å². The second-order valence-electron chi connectivity index (χ2n) is 1.79. The van der Waals surface area contributed by atoms with Gasteiger partial charge >= 0.3 is 23.1 Å². The summed E-state index contributed by atoms with van der Waals surface area (Å²) < 4.78 is 4.99. The first-order chi connectivity index (χ1) is 4.86. The van der Waals surface area contributed by atoms with Crippen LogP contribution in [0.2, 0.25) is 0 Å². The SMILES string of the molecule is COc1[c-]c(SC)ccc1.[Br-].[Mg+2]. The van der Waals surface area contributed by atoms with Crippen molar-refractivity contribution in [1.82, 2.24) is 0 Å². The minimum Gasteiger partial charge on any atom is -1.00 e. The maximum atomic E-state index is 4.99. The van der Waals surface area contributed by atoms with Crippen molar-refractivity contribution < 1.29 is 21.7 Å². The van der Waals surface area contributed by atoms with E-state index in [1.165, 1.54) is 0 Å². The summed E-state index contributed by atoms with van der Waals surface area (Å²) in [7, 11) is 1.65. The molecule has 62 valence electrons. The van der Waals surface area contributed by atoms with Crippen LogP contribution in [0.15, 0.2) is 23.1 Å². The molecule has 1 aromatic carbocycles. The van der Waals surface area contributed by atoms with E-state index in [1.54, 1.807) is 18.9 Å². The number of methoxy groups -OCH3 is 1. The van der Waals surface area contributed by atoms with Crippen molar-refractivity contribution in [1.29, 1.82) is 0 Å². The van der Waals surface area contributed by atoms with Crippen LogP contribution < -0.4 is 21.7 Å². The van der Waals surface area contributed by atoms with Crippen LogP contribution in [0, 0.1) is 6.07 Å². The molecule has 0 heterocycles. The van der Waals surface area contributed by atoms with E-state index in [9.17, 15) is 0 Å². The van der Waals surface area contributed by atoms with Crippen molar-refractivity contribution in [2.45, 2.75) is 4.90 Å². The van der Waals surface area contributed by atoms with Gasteiger partial charge in [-0.25, -0.2) is 0 Å². The predicted octanol–water partition coefficient (Wildman–Crippen LogP) is -1.16. The molecule has 0 amide bonds. The number of ether oxygens (including phenoxy) is 1. The molecule has 0 saturated carbocycles. The molecule has 0 N–H and O–H groups in total. The Morgan fingerprint density at radius 2 is 2.08 bits per heavy atom. The van der Waals surface area contributed by atoms with Crippen LogP contribution in [-0.2, 0) is 0 Å². The molecule has 0 atom stereocenters. The van der Waals surface area contributed by atoms with Gasteiger partial charge in [0.1, 0.15) is 0 Å². The van der Waals surface area contributed by atoms with E-state index in [-0.39, 0.29) is 40.0 Å². The zero-order valence-electron chi connectivity index (χ0n) is 7.13. The summed E-state index contributed by atoms with van der Waals surface area (Å²) >= 11 is 1.66. The molecule has 0 spiro atoms. The van der Waals surface area contributed by atoms with E-state index in [1.807, 2.05) is 24.5 Å². The van der Waals surface area contributed by atoms with Crippen LogP contribution in [0.3, 0.4) is 0 Å². The number of thioether (sulfide) groups is 1. The average Bonchev–Trinajstić information content (AvgIpc) is 2.05. The summed E-state index contributed by atoms with van der Waals surface area (Å²) in [5.41, 5.74) is 0. The molecule has 1 aromatic rings. The minimum absolute atomic E-state index is 0. The van der Waals surface area contributed by atoms with Crippen LogP contribution in [0.25, 0.3) is 0 Å².